The van der Waals surface area contributed by atoms with Crippen LogP contribution in [0.25, 0.3) is 0 Å². The molecule has 1 atom stereocenters. The lowest BCUT2D eigenvalue weighted by atomic mass is 10.3. The van der Waals surface area contributed by atoms with E-state index in [4.69, 9.17) is 0 Å². The molecule has 0 amide bonds. The maximum absolute atomic E-state index is 9.80. The summed E-state index contributed by atoms with van der Waals surface area (Å²) in [6.45, 7) is 1.83. The zero-order valence-corrected chi connectivity index (χ0v) is 6.26. The molecule has 52 valence electrons. The summed E-state index contributed by atoms with van der Waals surface area (Å²) in [5.41, 5.74) is 1.71. The summed E-state index contributed by atoms with van der Waals surface area (Å²) < 4.78 is 0. The van der Waals surface area contributed by atoms with E-state index in [2.05, 4.69) is 9.98 Å². The standard InChI is InChI=1S/C6H6N2OS/c1-5(8-3-9)6-2-7-4-10-6/h2,4-5H,1H3. The topological polar surface area (TPSA) is 42.3 Å². The molecule has 1 unspecified atom stereocenters. The normalized spacial score (nSPS) is 12.1. The SMILES string of the molecule is CC(N=C=O)c1cncs1. The fourth-order valence-electron chi connectivity index (χ4n) is 0.575. The molecule has 1 aromatic rings. The van der Waals surface area contributed by atoms with Gasteiger partial charge in [-0.15, -0.1) is 11.3 Å². The molecule has 0 aromatic carbocycles. The van der Waals surface area contributed by atoms with Crippen LogP contribution in [0.2, 0.25) is 0 Å². The van der Waals surface area contributed by atoms with Crippen molar-refractivity contribution in [3.05, 3.63) is 16.6 Å². The molecule has 1 rings (SSSR count). The molecule has 0 aliphatic rings. The average molecular weight is 154 g/mol. The third-order valence-electron chi connectivity index (χ3n) is 1.11. The van der Waals surface area contributed by atoms with Gasteiger partial charge in [-0.3, -0.25) is 4.98 Å². The largest absolute Gasteiger partial charge is 0.253 e. The van der Waals surface area contributed by atoms with Crippen molar-refractivity contribution in [1.82, 2.24) is 4.98 Å². The number of nitrogens with zero attached hydrogens (tertiary/aromatic N) is 2. The summed E-state index contributed by atoms with van der Waals surface area (Å²) in [4.78, 5) is 18.2. The Hall–Kier alpha value is -0.990. The van der Waals surface area contributed by atoms with Gasteiger partial charge < -0.3 is 0 Å². The smallest absolute Gasteiger partial charge is 0.235 e. The number of rotatable bonds is 2. The van der Waals surface area contributed by atoms with E-state index in [1.807, 2.05) is 6.92 Å². The zero-order chi connectivity index (χ0) is 7.40. The Kier molecular flexibility index (Phi) is 2.31. The van der Waals surface area contributed by atoms with Gasteiger partial charge in [-0.05, 0) is 6.92 Å². The molecule has 0 aliphatic carbocycles. The van der Waals surface area contributed by atoms with Crippen LogP contribution in [-0.2, 0) is 4.79 Å². The Morgan fingerprint density at radius 3 is 3.20 bits per heavy atom. The monoisotopic (exact) mass is 154 g/mol. The second-order valence-corrected chi connectivity index (χ2v) is 2.72. The van der Waals surface area contributed by atoms with Crippen molar-refractivity contribution in [3.63, 3.8) is 0 Å². The number of carbonyl (C=O) groups excluding carboxylic acids is 1. The highest BCUT2D eigenvalue weighted by Gasteiger charge is 2.02. The van der Waals surface area contributed by atoms with Gasteiger partial charge in [-0.1, -0.05) is 0 Å². The van der Waals surface area contributed by atoms with Crippen molar-refractivity contribution in [2.45, 2.75) is 13.0 Å². The highest BCUT2D eigenvalue weighted by atomic mass is 32.1. The van der Waals surface area contributed by atoms with Crippen molar-refractivity contribution in [1.29, 1.82) is 0 Å². The van der Waals surface area contributed by atoms with Gasteiger partial charge in [-0.2, -0.15) is 4.99 Å². The molecule has 0 bridgehead atoms. The van der Waals surface area contributed by atoms with Gasteiger partial charge in [0.25, 0.3) is 0 Å². The summed E-state index contributed by atoms with van der Waals surface area (Å²) in [6, 6.07) is -0.0926. The number of aromatic nitrogens is 1. The van der Waals surface area contributed by atoms with E-state index < -0.39 is 0 Å². The molecular weight excluding hydrogens is 148 g/mol. The third-order valence-corrected chi connectivity index (χ3v) is 2.06. The maximum Gasteiger partial charge on any atom is 0.235 e. The maximum atomic E-state index is 9.80. The van der Waals surface area contributed by atoms with Crippen LogP contribution in [0.4, 0.5) is 0 Å². The summed E-state index contributed by atoms with van der Waals surface area (Å²) in [6.07, 6.45) is 3.21. The number of aliphatic imine (C=N–C) groups is 1. The summed E-state index contributed by atoms with van der Waals surface area (Å²) in [5, 5.41) is 0. The van der Waals surface area contributed by atoms with E-state index in [-0.39, 0.29) is 6.04 Å². The molecule has 0 aliphatic heterocycles. The number of hydrogen-bond acceptors (Lipinski definition) is 4. The van der Waals surface area contributed by atoms with E-state index in [0.29, 0.717) is 0 Å². The Bertz CT molecular complexity index is 238. The van der Waals surface area contributed by atoms with Crippen LogP contribution in [0.3, 0.4) is 0 Å². The lowest BCUT2D eigenvalue weighted by Crippen LogP contribution is -1.82. The van der Waals surface area contributed by atoms with Crippen LogP contribution in [0, 0.1) is 0 Å². The molecule has 0 fully saturated rings. The zero-order valence-electron chi connectivity index (χ0n) is 5.44. The molecule has 0 radical (unpaired) electrons. The van der Waals surface area contributed by atoms with Crippen molar-refractivity contribution >= 4 is 17.4 Å². The summed E-state index contributed by atoms with van der Waals surface area (Å²) in [7, 11) is 0. The number of hydrogen-bond donors (Lipinski definition) is 0. The average Bonchev–Trinajstić information content (AvgIpc) is 2.38. The molecular formula is C6H6N2OS. The minimum Gasteiger partial charge on any atom is -0.253 e. The van der Waals surface area contributed by atoms with Gasteiger partial charge in [0.05, 0.1) is 11.6 Å². The Labute approximate surface area is 62.4 Å². The first-order valence-electron chi connectivity index (χ1n) is 2.80. The molecule has 10 heavy (non-hydrogen) atoms. The molecule has 3 nitrogen and oxygen atoms in total. The number of isocyanates is 1. The Morgan fingerprint density at radius 2 is 2.70 bits per heavy atom. The van der Waals surface area contributed by atoms with Gasteiger partial charge in [0, 0.05) is 11.1 Å². The van der Waals surface area contributed by atoms with Gasteiger partial charge in [0.1, 0.15) is 0 Å². The molecule has 4 heteroatoms. The van der Waals surface area contributed by atoms with E-state index in [9.17, 15) is 4.79 Å². The van der Waals surface area contributed by atoms with Crippen molar-refractivity contribution in [2.75, 3.05) is 0 Å². The minimum atomic E-state index is -0.0926. The van der Waals surface area contributed by atoms with Crippen molar-refractivity contribution in [2.24, 2.45) is 4.99 Å². The van der Waals surface area contributed by atoms with E-state index in [1.165, 1.54) is 17.4 Å². The molecule has 1 heterocycles. The Balaban J connectivity index is 2.76. The van der Waals surface area contributed by atoms with Crippen LogP contribution in [0.5, 0.6) is 0 Å². The van der Waals surface area contributed by atoms with Crippen LogP contribution in [-0.4, -0.2) is 11.1 Å². The highest BCUT2D eigenvalue weighted by molar-refractivity contribution is 7.09. The second-order valence-electron chi connectivity index (χ2n) is 1.80. The Morgan fingerprint density at radius 1 is 1.90 bits per heavy atom. The first-order chi connectivity index (χ1) is 4.84. The van der Waals surface area contributed by atoms with Gasteiger partial charge in [0.2, 0.25) is 6.08 Å². The van der Waals surface area contributed by atoms with Crippen LogP contribution < -0.4 is 0 Å². The molecule has 0 saturated heterocycles. The molecule has 0 saturated carbocycles. The predicted molar refractivity (Wildman–Crippen MR) is 38.7 cm³/mol. The second kappa shape index (κ2) is 3.25. The minimum absolute atomic E-state index is 0.0926. The number of thiazole rings is 1. The van der Waals surface area contributed by atoms with Crippen molar-refractivity contribution in [3.8, 4) is 0 Å². The first kappa shape index (κ1) is 7.12. The molecule has 0 N–H and O–H groups in total. The van der Waals surface area contributed by atoms with E-state index in [0.717, 1.165) is 4.88 Å². The van der Waals surface area contributed by atoms with Crippen LogP contribution >= 0.6 is 11.3 Å². The van der Waals surface area contributed by atoms with Gasteiger partial charge >= 0.3 is 0 Å². The van der Waals surface area contributed by atoms with Gasteiger partial charge in [0.15, 0.2) is 0 Å². The first-order valence-corrected chi connectivity index (χ1v) is 3.68. The molecule has 0 spiro atoms. The molecule has 1 aromatic heterocycles. The quantitative estimate of drug-likeness (QED) is 0.479. The lowest BCUT2D eigenvalue weighted by molar-refractivity contribution is 0.560. The third kappa shape index (κ3) is 1.50. The van der Waals surface area contributed by atoms with E-state index >= 15 is 0 Å². The van der Waals surface area contributed by atoms with E-state index in [1.54, 1.807) is 11.7 Å². The fraction of sp³-hybridized carbons (Fsp3) is 0.333. The summed E-state index contributed by atoms with van der Waals surface area (Å²) in [5.74, 6) is 0. The highest BCUT2D eigenvalue weighted by Crippen LogP contribution is 2.18. The predicted octanol–water partition coefficient (Wildman–Crippen LogP) is 1.54. The van der Waals surface area contributed by atoms with Crippen LogP contribution in [0.1, 0.15) is 17.8 Å². The van der Waals surface area contributed by atoms with Crippen LogP contribution in [0.15, 0.2) is 16.7 Å². The fourth-order valence-corrected chi connectivity index (χ4v) is 1.19. The summed E-state index contributed by atoms with van der Waals surface area (Å²) >= 11 is 1.49. The van der Waals surface area contributed by atoms with Crippen molar-refractivity contribution < 1.29 is 4.79 Å². The van der Waals surface area contributed by atoms with Gasteiger partial charge in [-0.25, -0.2) is 4.79 Å². The lowest BCUT2D eigenvalue weighted by Gasteiger charge is -1.94.